The number of imide groups is 1. The Hall–Kier alpha value is -0.880. The first-order chi connectivity index (χ1) is 10.4. The number of hydrogen-bond acceptors (Lipinski definition) is 3. The van der Waals surface area contributed by atoms with Gasteiger partial charge < -0.3 is 5.11 Å². The van der Waals surface area contributed by atoms with Crippen LogP contribution in [0.15, 0.2) is 18.2 Å². The Morgan fingerprint density at radius 1 is 1.09 bits per heavy atom. The van der Waals surface area contributed by atoms with Crippen LogP contribution in [0.3, 0.4) is 0 Å². The molecule has 2 saturated carbocycles. The third-order valence-corrected chi connectivity index (χ3v) is 8.62. The predicted octanol–water partition coefficient (Wildman–Crippen LogP) is 2.98. The van der Waals surface area contributed by atoms with Crippen molar-refractivity contribution in [3.63, 3.8) is 0 Å². The molecule has 2 amide bonds. The van der Waals surface area contributed by atoms with E-state index in [-0.39, 0.29) is 50.9 Å². The third-order valence-electron chi connectivity index (χ3n) is 5.41. The first-order valence-corrected chi connectivity index (χ1v) is 9.20. The monoisotopic (exact) mass is 427 g/mol. The molecule has 6 unspecified atom stereocenters. The van der Waals surface area contributed by atoms with Crippen molar-refractivity contribution in [2.45, 2.75) is 23.0 Å². The van der Waals surface area contributed by atoms with E-state index >= 15 is 0 Å². The average molecular weight is 429 g/mol. The fraction of sp³-hybridized carbons (Fsp3) is 0.500. The highest BCUT2D eigenvalue weighted by Gasteiger charge is 2.66. The summed E-state index contributed by atoms with van der Waals surface area (Å²) in [5.41, 5.74) is 1.33. The summed E-state index contributed by atoms with van der Waals surface area (Å²) in [5, 5.41) is 9.54. The SMILES string of the molecule is Cc1cc(O)ccc1N1C(=O)C2C3CC(C(Br)C3Br)C2C1=O. The van der Waals surface area contributed by atoms with E-state index in [1.165, 1.54) is 11.0 Å². The van der Waals surface area contributed by atoms with Crippen LogP contribution in [0.4, 0.5) is 5.69 Å². The van der Waals surface area contributed by atoms with Crippen LogP contribution < -0.4 is 4.90 Å². The maximum Gasteiger partial charge on any atom is 0.238 e. The first kappa shape index (κ1) is 14.7. The van der Waals surface area contributed by atoms with Gasteiger partial charge in [-0.05, 0) is 48.9 Å². The van der Waals surface area contributed by atoms with Gasteiger partial charge in [-0.1, -0.05) is 31.9 Å². The summed E-state index contributed by atoms with van der Waals surface area (Å²) in [6.45, 7) is 1.80. The van der Waals surface area contributed by atoms with Gasteiger partial charge in [0.25, 0.3) is 0 Å². The number of amides is 2. The van der Waals surface area contributed by atoms with E-state index in [0.29, 0.717) is 5.69 Å². The minimum absolute atomic E-state index is 0.0832. The number of alkyl halides is 2. The van der Waals surface area contributed by atoms with E-state index < -0.39 is 0 Å². The molecule has 4 rings (SSSR count). The smallest absolute Gasteiger partial charge is 0.238 e. The van der Waals surface area contributed by atoms with E-state index in [4.69, 9.17) is 0 Å². The molecule has 1 aromatic carbocycles. The molecule has 0 spiro atoms. The Morgan fingerprint density at radius 2 is 1.64 bits per heavy atom. The fourth-order valence-corrected chi connectivity index (χ4v) is 6.35. The number of anilines is 1. The van der Waals surface area contributed by atoms with E-state index in [9.17, 15) is 14.7 Å². The Bertz CT molecular complexity index is 660. The van der Waals surface area contributed by atoms with Crippen LogP contribution in [0.2, 0.25) is 0 Å². The molecule has 1 aromatic rings. The minimum Gasteiger partial charge on any atom is -0.508 e. The Labute approximate surface area is 145 Å². The van der Waals surface area contributed by atoms with Gasteiger partial charge in [-0.15, -0.1) is 0 Å². The lowest BCUT2D eigenvalue weighted by atomic mass is 9.81. The standard InChI is InChI=1S/C16H15Br2NO3/c1-6-4-7(20)2-3-10(6)19-15(21)11-8-5-9(12(11)16(19)22)14(18)13(8)17/h2-4,8-9,11-14,20H,5H2,1H3. The molecule has 1 N–H and O–H groups in total. The number of halogens is 2. The highest BCUT2D eigenvalue weighted by atomic mass is 79.9. The van der Waals surface area contributed by atoms with Crippen molar-refractivity contribution in [1.29, 1.82) is 0 Å². The van der Waals surface area contributed by atoms with Gasteiger partial charge in [0.2, 0.25) is 11.8 Å². The van der Waals surface area contributed by atoms with Crippen LogP contribution >= 0.6 is 31.9 Å². The van der Waals surface area contributed by atoms with Crippen molar-refractivity contribution < 1.29 is 14.7 Å². The maximum atomic E-state index is 12.9. The lowest BCUT2D eigenvalue weighted by Crippen LogP contribution is -2.37. The van der Waals surface area contributed by atoms with Crippen molar-refractivity contribution in [3.8, 4) is 5.75 Å². The highest BCUT2D eigenvalue weighted by Crippen LogP contribution is 2.60. The molecular formula is C16H15Br2NO3. The number of hydrogen-bond donors (Lipinski definition) is 1. The van der Waals surface area contributed by atoms with Crippen LogP contribution in [0.25, 0.3) is 0 Å². The van der Waals surface area contributed by atoms with Gasteiger partial charge in [0.1, 0.15) is 5.75 Å². The lowest BCUT2D eigenvalue weighted by molar-refractivity contribution is -0.123. The maximum absolute atomic E-state index is 12.9. The lowest BCUT2D eigenvalue weighted by Gasteiger charge is -2.28. The second-order valence-electron chi connectivity index (χ2n) is 6.49. The molecule has 1 heterocycles. The van der Waals surface area contributed by atoms with Gasteiger partial charge in [-0.25, -0.2) is 4.90 Å². The molecule has 2 bridgehead atoms. The molecule has 6 atom stereocenters. The van der Waals surface area contributed by atoms with Gasteiger partial charge in [-0.3, -0.25) is 9.59 Å². The molecule has 3 aliphatic rings. The molecule has 2 aliphatic carbocycles. The Morgan fingerprint density at radius 3 is 2.14 bits per heavy atom. The topological polar surface area (TPSA) is 57.6 Å². The zero-order chi connectivity index (χ0) is 15.8. The van der Waals surface area contributed by atoms with Crippen molar-refractivity contribution in [3.05, 3.63) is 23.8 Å². The third kappa shape index (κ3) is 1.74. The average Bonchev–Trinajstić information content (AvgIpc) is 3.06. The number of aromatic hydroxyl groups is 1. The Kier molecular flexibility index (Phi) is 3.21. The van der Waals surface area contributed by atoms with Gasteiger partial charge in [0.05, 0.1) is 17.5 Å². The molecule has 1 aliphatic heterocycles. The molecule has 1 saturated heterocycles. The van der Waals surface area contributed by atoms with E-state index in [0.717, 1.165) is 12.0 Å². The largest absolute Gasteiger partial charge is 0.508 e. The zero-order valence-electron chi connectivity index (χ0n) is 11.9. The van der Waals surface area contributed by atoms with E-state index in [1.807, 2.05) is 0 Å². The van der Waals surface area contributed by atoms with Crippen LogP contribution in [0.1, 0.15) is 12.0 Å². The van der Waals surface area contributed by atoms with E-state index in [1.54, 1.807) is 19.1 Å². The molecule has 0 radical (unpaired) electrons. The number of aryl methyl sites for hydroxylation is 1. The molecule has 3 fully saturated rings. The summed E-state index contributed by atoms with van der Waals surface area (Å²) in [5.74, 6) is 0.00572. The van der Waals surface area contributed by atoms with Crippen LogP contribution in [0.5, 0.6) is 5.75 Å². The summed E-state index contributed by atoms with van der Waals surface area (Å²) < 4.78 is 0. The molecule has 6 heteroatoms. The second-order valence-corrected chi connectivity index (χ2v) is 8.60. The quantitative estimate of drug-likeness (QED) is 0.552. The molecule has 116 valence electrons. The molecule has 0 aromatic heterocycles. The summed E-state index contributed by atoms with van der Waals surface area (Å²) in [6, 6.07) is 4.76. The van der Waals surface area contributed by atoms with Crippen LogP contribution in [-0.2, 0) is 9.59 Å². The normalized spacial score (nSPS) is 39.7. The van der Waals surface area contributed by atoms with Gasteiger partial charge in [0.15, 0.2) is 0 Å². The van der Waals surface area contributed by atoms with E-state index in [2.05, 4.69) is 31.9 Å². The number of carbonyl (C=O) groups excluding carboxylic acids is 2. The number of phenols is 1. The molecular weight excluding hydrogens is 414 g/mol. The predicted molar refractivity (Wildman–Crippen MR) is 89.3 cm³/mol. The number of rotatable bonds is 1. The Balaban J connectivity index is 1.76. The number of fused-ring (bicyclic) bond motifs is 5. The summed E-state index contributed by atoms with van der Waals surface area (Å²) >= 11 is 7.37. The first-order valence-electron chi connectivity index (χ1n) is 7.37. The fourth-order valence-electron chi connectivity index (χ4n) is 4.48. The van der Waals surface area contributed by atoms with Gasteiger partial charge in [0, 0.05) is 9.65 Å². The van der Waals surface area contributed by atoms with Crippen molar-refractivity contribution >= 4 is 49.4 Å². The van der Waals surface area contributed by atoms with Gasteiger partial charge in [-0.2, -0.15) is 0 Å². The summed E-state index contributed by atoms with van der Waals surface area (Å²) in [7, 11) is 0. The number of benzene rings is 1. The highest BCUT2D eigenvalue weighted by molar-refractivity contribution is 9.12. The number of phenolic OH excluding ortho intramolecular Hbond substituents is 1. The zero-order valence-corrected chi connectivity index (χ0v) is 15.0. The summed E-state index contributed by atoms with van der Waals surface area (Å²) in [6.07, 6.45) is 0.932. The number of carbonyl (C=O) groups is 2. The summed E-state index contributed by atoms with van der Waals surface area (Å²) in [4.78, 5) is 27.6. The van der Waals surface area contributed by atoms with Crippen LogP contribution in [-0.4, -0.2) is 26.6 Å². The van der Waals surface area contributed by atoms with Gasteiger partial charge >= 0.3 is 0 Å². The second kappa shape index (κ2) is 4.81. The van der Waals surface area contributed by atoms with Crippen molar-refractivity contribution in [2.75, 3.05) is 4.90 Å². The van der Waals surface area contributed by atoms with Crippen molar-refractivity contribution in [2.24, 2.45) is 23.7 Å². The number of nitrogens with zero attached hydrogens (tertiary/aromatic N) is 1. The van der Waals surface area contributed by atoms with Crippen molar-refractivity contribution in [1.82, 2.24) is 0 Å². The minimum atomic E-state index is -0.205. The molecule has 22 heavy (non-hydrogen) atoms. The van der Waals surface area contributed by atoms with Crippen LogP contribution in [0, 0.1) is 30.6 Å². The molecule has 4 nitrogen and oxygen atoms in total.